The van der Waals surface area contributed by atoms with Crippen molar-refractivity contribution >= 4 is 18.4 Å². The first-order valence-electron chi connectivity index (χ1n) is 5.90. The molecule has 1 aromatic rings. The molecular formula is C12H20ClN3O2. The Bertz CT molecular complexity index is 394. The molecule has 0 radical (unpaired) electrons. The molecule has 0 aliphatic carbocycles. The van der Waals surface area contributed by atoms with E-state index in [1.165, 1.54) is 7.11 Å². The van der Waals surface area contributed by atoms with E-state index >= 15 is 0 Å². The second-order valence-electron chi connectivity index (χ2n) is 4.50. The van der Waals surface area contributed by atoms with Crippen LogP contribution >= 0.6 is 12.4 Å². The van der Waals surface area contributed by atoms with Gasteiger partial charge in [0.25, 0.3) is 0 Å². The van der Waals surface area contributed by atoms with Gasteiger partial charge in [-0.25, -0.2) is 4.79 Å². The molecule has 102 valence electrons. The largest absolute Gasteiger partial charge is 0.464 e. The SMILES string of the molecule is COC(=O)c1cc(CN2CCN[C@@H](C)C2)c[nH]1.Cl. The van der Waals surface area contributed by atoms with Crippen LogP contribution in [0.1, 0.15) is 23.0 Å². The molecular weight excluding hydrogens is 254 g/mol. The van der Waals surface area contributed by atoms with E-state index in [-0.39, 0.29) is 18.4 Å². The summed E-state index contributed by atoms with van der Waals surface area (Å²) in [6.07, 6.45) is 1.87. The summed E-state index contributed by atoms with van der Waals surface area (Å²) in [7, 11) is 1.39. The molecule has 1 saturated heterocycles. The van der Waals surface area contributed by atoms with E-state index in [4.69, 9.17) is 0 Å². The van der Waals surface area contributed by atoms with E-state index in [1.54, 1.807) is 0 Å². The lowest BCUT2D eigenvalue weighted by Crippen LogP contribution is -2.48. The van der Waals surface area contributed by atoms with Gasteiger partial charge in [-0.1, -0.05) is 0 Å². The molecule has 1 aliphatic rings. The highest BCUT2D eigenvalue weighted by Gasteiger charge is 2.16. The van der Waals surface area contributed by atoms with E-state index in [9.17, 15) is 4.79 Å². The van der Waals surface area contributed by atoms with E-state index in [0.29, 0.717) is 11.7 Å². The molecule has 0 saturated carbocycles. The molecule has 6 heteroatoms. The highest BCUT2D eigenvalue weighted by Crippen LogP contribution is 2.10. The molecule has 18 heavy (non-hydrogen) atoms. The van der Waals surface area contributed by atoms with Crippen molar-refractivity contribution in [2.45, 2.75) is 19.5 Å². The van der Waals surface area contributed by atoms with Crippen molar-refractivity contribution in [2.75, 3.05) is 26.7 Å². The number of ether oxygens (including phenoxy) is 1. The highest BCUT2D eigenvalue weighted by molar-refractivity contribution is 5.87. The summed E-state index contributed by atoms with van der Waals surface area (Å²) >= 11 is 0. The maximum absolute atomic E-state index is 11.3. The van der Waals surface area contributed by atoms with Crippen molar-refractivity contribution in [2.24, 2.45) is 0 Å². The lowest BCUT2D eigenvalue weighted by molar-refractivity contribution is 0.0594. The lowest BCUT2D eigenvalue weighted by Gasteiger charge is -2.31. The molecule has 2 N–H and O–H groups in total. The van der Waals surface area contributed by atoms with Gasteiger partial charge in [0.05, 0.1) is 7.11 Å². The number of halogens is 1. The first-order valence-corrected chi connectivity index (χ1v) is 5.90. The summed E-state index contributed by atoms with van der Waals surface area (Å²) in [5.41, 5.74) is 1.64. The number of H-pyrrole nitrogens is 1. The molecule has 2 rings (SSSR count). The van der Waals surface area contributed by atoms with E-state index in [1.807, 2.05) is 12.3 Å². The predicted octanol–water partition coefficient (Wildman–Crippen LogP) is 1.02. The minimum atomic E-state index is -0.315. The van der Waals surface area contributed by atoms with Gasteiger partial charge in [0, 0.05) is 38.4 Å². The average molecular weight is 274 g/mol. The quantitative estimate of drug-likeness (QED) is 0.808. The van der Waals surface area contributed by atoms with Crippen molar-refractivity contribution in [3.8, 4) is 0 Å². The molecule has 0 aromatic carbocycles. The van der Waals surface area contributed by atoms with Gasteiger partial charge in [-0.05, 0) is 18.6 Å². The minimum Gasteiger partial charge on any atom is -0.464 e. The summed E-state index contributed by atoms with van der Waals surface area (Å²) < 4.78 is 4.66. The smallest absolute Gasteiger partial charge is 0.354 e. The van der Waals surface area contributed by atoms with Crippen molar-refractivity contribution in [1.82, 2.24) is 15.2 Å². The van der Waals surface area contributed by atoms with Crippen LogP contribution in [-0.2, 0) is 11.3 Å². The van der Waals surface area contributed by atoms with Crippen molar-refractivity contribution in [1.29, 1.82) is 0 Å². The standard InChI is InChI=1S/C12H19N3O2.ClH/c1-9-7-15(4-3-13-9)8-10-5-11(14-6-10)12(16)17-2;/h5-6,9,13-14H,3-4,7-8H2,1-2H3;1H/t9-;/m0./s1. The molecule has 5 nitrogen and oxygen atoms in total. The summed E-state index contributed by atoms with van der Waals surface area (Å²) in [5.74, 6) is -0.315. The van der Waals surface area contributed by atoms with Crippen LogP contribution in [0, 0.1) is 0 Å². The number of carbonyl (C=O) groups excluding carboxylic acids is 1. The number of methoxy groups -OCH3 is 1. The summed E-state index contributed by atoms with van der Waals surface area (Å²) in [5, 5.41) is 3.41. The van der Waals surface area contributed by atoms with Crippen LogP contribution in [0.3, 0.4) is 0 Å². The van der Waals surface area contributed by atoms with Gasteiger partial charge in [-0.2, -0.15) is 0 Å². The van der Waals surface area contributed by atoms with Crippen LogP contribution in [0.2, 0.25) is 0 Å². The van der Waals surface area contributed by atoms with Crippen LogP contribution in [0.25, 0.3) is 0 Å². The number of piperazine rings is 1. The molecule has 0 spiro atoms. The highest BCUT2D eigenvalue weighted by atomic mass is 35.5. The van der Waals surface area contributed by atoms with Gasteiger partial charge >= 0.3 is 5.97 Å². The van der Waals surface area contributed by atoms with Crippen LogP contribution in [0.15, 0.2) is 12.3 Å². The third kappa shape index (κ3) is 3.73. The molecule has 1 aliphatic heterocycles. The van der Waals surface area contributed by atoms with Crippen molar-refractivity contribution in [3.63, 3.8) is 0 Å². The van der Waals surface area contributed by atoms with E-state index < -0.39 is 0 Å². The number of aromatic nitrogens is 1. The third-order valence-electron chi connectivity index (χ3n) is 3.01. The minimum absolute atomic E-state index is 0. The van der Waals surface area contributed by atoms with Crippen LogP contribution in [0.5, 0.6) is 0 Å². The Labute approximate surface area is 113 Å². The Morgan fingerprint density at radius 2 is 2.39 bits per heavy atom. The Kier molecular flexibility index (Phi) is 5.65. The molecule has 0 amide bonds. The van der Waals surface area contributed by atoms with E-state index in [2.05, 4.69) is 26.9 Å². The number of nitrogens with one attached hydrogen (secondary N) is 2. The van der Waals surface area contributed by atoms with Gasteiger partial charge in [-0.3, -0.25) is 4.90 Å². The molecule has 1 fully saturated rings. The fraction of sp³-hybridized carbons (Fsp3) is 0.583. The second kappa shape index (κ2) is 6.78. The summed E-state index contributed by atoms with van der Waals surface area (Å²) in [4.78, 5) is 16.6. The van der Waals surface area contributed by atoms with Gasteiger partial charge in [0.2, 0.25) is 0 Å². The summed E-state index contributed by atoms with van der Waals surface area (Å²) in [6, 6.07) is 2.39. The van der Waals surface area contributed by atoms with Crippen molar-refractivity contribution < 1.29 is 9.53 Å². The Morgan fingerprint density at radius 3 is 3.06 bits per heavy atom. The Morgan fingerprint density at radius 1 is 1.61 bits per heavy atom. The Hall–Kier alpha value is -1.04. The number of esters is 1. The number of nitrogens with zero attached hydrogens (tertiary/aromatic N) is 1. The summed E-state index contributed by atoms with van der Waals surface area (Å²) in [6.45, 7) is 6.17. The fourth-order valence-corrected chi connectivity index (χ4v) is 2.17. The predicted molar refractivity (Wildman–Crippen MR) is 72.1 cm³/mol. The van der Waals surface area contributed by atoms with Gasteiger partial charge in [0.15, 0.2) is 0 Å². The van der Waals surface area contributed by atoms with Crippen LogP contribution in [0.4, 0.5) is 0 Å². The molecule has 0 unspecified atom stereocenters. The Balaban J connectivity index is 0.00000162. The zero-order valence-electron chi connectivity index (χ0n) is 10.7. The van der Waals surface area contributed by atoms with Crippen molar-refractivity contribution in [3.05, 3.63) is 23.5 Å². The van der Waals surface area contributed by atoms with E-state index in [0.717, 1.165) is 31.7 Å². The molecule has 1 aromatic heterocycles. The average Bonchev–Trinajstić information content (AvgIpc) is 2.76. The van der Waals surface area contributed by atoms with Crippen LogP contribution < -0.4 is 5.32 Å². The molecule has 1 atom stereocenters. The number of carbonyl (C=O) groups is 1. The zero-order valence-corrected chi connectivity index (χ0v) is 11.5. The number of aromatic amines is 1. The maximum Gasteiger partial charge on any atom is 0.354 e. The topological polar surface area (TPSA) is 57.4 Å². The fourth-order valence-electron chi connectivity index (χ4n) is 2.17. The normalized spacial score (nSPS) is 20.2. The molecule has 0 bridgehead atoms. The first kappa shape index (κ1) is 15.0. The third-order valence-corrected chi connectivity index (χ3v) is 3.01. The maximum atomic E-state index is 11.3. The number of rotatable bonds is 3. The lowest BCUT2D eigenvalue weighted by atomic mass is 10.2. The zero-order chi connectivity index (χ0) is 12.3. The van der Waals surface area contributed by atoms with Gasteiger partial charge in [0.1, 0.15) is 5.69 Å². The number of hydrogen-bond acceptors (Lipinski definition) is 4. The number of hydrogen-bond donors (Lipinski definition) is 2. The van der Waals surface area contributed by atoms with Crippen LogP contribution in [-0.4, -0.2) is 48.6 Å². The molecule has 2 heterocycles. The first-order chi connectivity index (χ1) is 8.19. The monoisotopic (exact) mass is 273 g/mol. The van der Waals surface area contributed by atoms with Gasteiger partial charge in [-0.15, -0.1) is 12.4 Å². The second-order valence-corrected chi connectivity index (χ2v) is 4.50. The van der Waals surface area contributed by atoms with Gasteiger partial charge < -0.3 is 15.0 Å².